The van der Waals surface area contributed by atoms with Gasteiger partial charge in [-0.1, -0.05) is 6.92 Å². The van der Waals surface area contributed by atoms with Crippen molar-refractivity contribution in [3.8, 4) is 0 Å². The Morgan fingerprint density at radius 1 is 1.27 bits per heavy atom. The van der Waals surface area contributed by atoms with Gasteiger partial charge in [-0.15, -0.1) is 0 Å². The highest BCUT2D eigenvalue weighted by Crippen LogP contribution is 2.17. The summed E-state index contributed by atoms with van der Waals surface area (Å²) in [7, 11) is 0. The molecule has 2 amide bonds. The van der Waals surface area contributed by atoms with E-state index in [-0.39, 0.29) is 23.8 Å². The van der Waals surface area contributed by atoms with Gasteiger partial charge in [0.25, 0.3) is 5.91 Å². The highest BCUT2D eigenvalue weighted by atomic mass is 16.2. The molecule has 1 aliphatic heterocycles. The summed E-state index contributed by atoms with van der Waals surface area (Å²) in [6.45, 7) is 6.89. The van der Waals surface area contributed by atoms with Crippen LogP contribution < -0.4 is 5.32 Å². The Bertz CT molecular complexity index is 783. The van der Waals surface area contributed by atoms with Crippen LogP contribution in [-0.2, 0) is 24.3 Å². The van der Waals surface area contributed by atoms with Crippen molar-refractivity contribution in [3.63, 3.8) is 0 Å². The predicted octanol–water partition coefficient (Wildman–Crippen LogP) is 1.03. The van der Waals surface area contributed by atoms with Crippen LogP contribution in [-0.4, -0.2) is 49.0 Å². The van der Waals surface area contributed by atoms with Crippen LogP contribution in [0.2, 0.25) is 0 Å². The highest BCUT2D eigenvalue weighted by Gasteiger charge is 2.31. The van der Waals surface area contributed by atoms with E-state index >= 15 is 0 Å². The van der Waals surface area contributed by atoms with Gasteiger partial charge < -0.3 is 10.2 Å². The summed E-state index contributed by atoms with van der Waals surface area (Å²) in [6.07, 6.45) is 3.87. The summed E-state index contributed by atoms with van der Waals surface area (Å²) < 4.78 is 1.70. The second kappa shape index (κ2) is 7.63. The predicted molar refractivity (Wildman–Crippen MR) is 95.1 cm³/mol. The Kier molecular flexibility index (Phi) is 5.29. The normalized spacial score (nSPS) is 16.9. The van der Waals surface area contributed by atoms with Gasteiger partial charge in [0.15, 0.2) is 0 Å². The van der Waals surface area contributed by atoms with Crippen LogP contribution in [0.15, 0.2) is 24.7 Å². The van der Waals surface area contributed by atoms with E-state index in [1.54, 1.807) is 21.8 Å². The fourth-order valence-electron chi connectivity index (χ4n) is 3.00. The molecule has 1 atom stereocenters. The molecule has 0 radical (unpaired) electrons. The molecule has 26 heavy (non-hydrogen) atoms. The van der Waals surface area contributed by atoms with E-state index in [9.17, 15) is 9.59 Å². The average molecular weight is 356 g/mol. The Morgan fingerprint density at radius 2 is 2.08 bits per heavy atom. The first kappa shape index (κ1) is 18.0. The van der Waals surface area contributed by atoms with Gasteiger partial charge in [0, 0.05) is 24.5 Å². The molecule has 138 valence electrons. The van der Waals surface area contributed by atoms with E-state index in [0.717, 1.165) is 12.1 Å². The van der Waals surface area contributed by atoms with Gasteiger partial charge in [-0.2, -0.15) is 5.10 Å². The van der Waals surface area contributed by atoms with Crippen molar-refractivity contribution in [2.24, 2.45) is 5.92 Å². The van der Waals surface area contributed by atoms with Crippen LogP contribution in [0, 0.1) is 5.92 Å². The smallest absolute Gasteiger partial charge is 0.255 e. The second-order valence-electron chi connectivity index (χ2n) is 6.80. The van der Waals surface area contributed by atoms with Crippen LogP contribution in [0.25, 0.3) is 0 Å². The Labute approximate surface area is 152 Å². The molecule has 3 heterocycles. The number of aryl methyl sites for hydroxylation is 1. The van der Waals surface area contributed by atoms with Gasteiger partial charge in [0.05, 0.1) is 24.6 Å². The van der Waals surface area contributed by atoms with E-state index in [1.807, 2.05) is 26.8 Å². The van der Waals surface area contributed by atoms with E-state index in [0.29, 0.717) is 31.0 Å². The zero-order chi connectivity index (χ0) is 18.7. The maximum Gasteiger partial charge on any atom is 0.255 e. The van der Waals surface area contributed by atoms with Crippen molar-refractivity contribution < 1.29 is 9.59 Å². The monoisotopic (exact) mass is 356 g/mol. The molecule has 0 saturated heterocycles. The molecule has 1 N–H and O–H groups in total. The number of rotatable bonds is 4. The Hall–Kier alpha value is -2.77. The summed E-state index contributed by atoms with van der Waals surface area (Å²) in [6, 6.07) is 3.68. The van der Waals surface area contributed by atoms with Crippen molar-refractivity contribution in [2.75, 3.05) is 6.54 Å². The molecule has 0 fully saturated rings. The minimum Gasteiger partial charge on any atom is -0.354 e. The first-order valence-electron chi connectivity index (χ1n) is 8.89. The minimum absolute atomic E-state index is 0.0379. The lowest BCUT2D eigenvalue weighted by atomic mass is 10.1. The van der Waals surface area contributed by atoms with Gasteiger partial charge >= 0.3 is 0 Å². The third-order valence-electron chi connectivity index (χ3n) is 4.38. The van der Waals surface area contributed by atoms with Crippen molar-refractivity contribution in [1.29, 1.82) is 0 Å². The van der Waals surface area contributed by atoms with Crippen LogP contribution in [0.5, 0.6) is 0 Å². The number of nitrogens with one attached hydrogen (secondary N) is 1. The summed E-state index contributed by atoms with van der Waals surface area (Å²) in [5.74, 6) is 0.0584. The molecular formula is C18H24N6O2. The molecule has 8 nitrogen and oxygen atoms in total. The molecular weight excluding hydrogens is 332 g/mol. The van der Waals surface area contributed by atoms with Crippen molar-refractivity contribution in [3.05, 3.63) is 41.7 Å². The quantitative estimate of drug-likeness (QED) is 0.883. The number of pyridine rings is 1. The average Bonchev–Trinajstić information content (AvgIpc) is 2.97. The third kappa shape index (κ3) is 3.89. The van der Waals surface area contributed by atoms with Crippen molar-refractivity contribution >= 4 is 11.8 Å². The number of carbonyl (C=O) groups is 2. The summed E-state index contributed by atoms with van der Waals surface area (Å²) in [5, 5.41) is 7.12. The molecule has 2 aromatic heterocycles. The standard InChI is InChI=1S/C18H24N6O2/c1-4-15-6-5-13(7-19-15)18(26)23-8-14(17(25)22-12(2)3)9-24-16(10-23)20-11-21-24/h5-7,11-12,14H,4,8-10H2,1-3H3,(H,22,25). The van der Waals surface area contributed by atoms with Crippen LogP contribution >= 0.6 is 0 Å². The largest absolute Gasteiger partial charge is 0.354 e. The molecule has 0 aromatic carbocycles. The fraction of sp³-hybridized carbons (Fsp3) is 0.500. The molecule has 0 spiro atoms. The molecule has 1 unspecified atom stereocenters. The molecule has 8 heteroatoms. The summed E-state index contributed by atoms with van der Waals surface area (Å²) >= 11 is 0. The van der Waals surface area contributed by atoms with Gasteiger partial charge in [0.2, 0.25) is 5.91 Å². The lowest BCUT2D eigenvalue weighted by molar-refractivity contribution is -0.126. The van der Waals surface area contributed by atoms with Gasteiger partial charge in [-0.05, 0) is 32.4 Å². The summed E-state index contributed by atoms with van der Waals surface area (Å²) in [4.78, 5) is 35.7. The van der Waals surface area contributed by atoms with Crippen LogP contribution in [0.3, 0.4) is 0 Å². The van der Waals surface area contributed by atoms with E-state index in [4.69, 9.17) is 0 Å². The lowest BCUT2D eigenvalue weighted by Crippen LogP contribution is -2.43. The number of hydrogen-bond acceptors (Lipinski definition) is 5. The Morgan fingerprint density at radius 3 is 2.73 bits per heavy atom. The summed E-state index contributed by atoms with van der Waals surface area (Å²) in [5.41, 5.74) is 1.45. The Balaban J connectivity index is 1.85. The van der Waals surface area contributed by atoms with E-state index in [2.05, 4.69) is 20.4 Å². The first-order valence-corrected chi connectivity index (χ1v) is 8.89. The van der Waals surface area contributed by atoms with Gasteiger partial charge in [-0.3, -0.25) is 14.6 Å². The molecule has 1 aliphatic rings. The van der Waals surface area contributed by atoms with Crippen LogP contribution in [0.1, 0.15) is 42.6 Å². The van der Waals surface area contributed by atoms with E-state index < -0.39 is 0 Å². The number of amides is 2. The van der Waals surface area contributed by atoms with E-state index in [1.165, 1.54) is 6.33 Å². The number of hydrogen-bond donors (Lipinski definition) is 1. The second-order valence-corrected chi connectivity index (χ2v) is 6.80. The number of fused-ring (bicyclic) bond motifs is 1. The molecule has 0 bridgehead atoms. The minimum atomic E-state index is -0.382. The SMILES string of the molecule is CCc1ccc(C(=O)N2Cc3ncnn3CC(C(=O)NC(C)C)C2)cn1. The first-order chi connectivity index (χ1) is 12.5. The lowest BCUT2D eigenvalue weighted by Gasteiger charge is -2.24. The molecule has 0 aliphatic carbocycles. The highest BCUT2D eigenvalue weighted by molar-refractivity contribution is 5.94. The number of aromatic nitrogens is 4. The van der Waals surface area contributed by atoms with Crippen molar-refractivity contribution in [2.45, 2.75) is 46.3 Å². The molecule has 2 aromatic rings. The van der Waals surface area contributed by atoms with Crippen LogP contribution in [0.4, 0.5) is 0 Å². The maximum atomic E-state index is 13.0. The molecule has 0 saturated carbocycles. The zero-order valence-electron chi connectivity index (χ0n) is 15.3. The van der Waals surface area contributed by atoms with Gasteiger partial charge in [-0.25, -0.2) is 9.67 Å². The fourth-order valence-corrected chi connectivity index (χ4v) is 3.00. The van der Waals surface area contributed by atoms with Gasteiger partial charge in [0.1, 0.15) is 12.2 Å². The maximum absolute atomic E-state index is 13.0. The topological polar surface area (TPSA) is 93.0 Å². The number of nitrogens with zero attached hydrogens (tertiary/aromatic N) is 5. The third-order valence-corrected chi connectivity index (χ3v) is 4.38. The zero-order valence-corrected chi connectivity index (χ0v) is 15.3. The number of carbonyl (C=O) groups excluding carboxylic acids is 2. The van der Waals surface area contributed by atoms with Crippen molar-refractivity contribution in [1.82, 2.24) is 30.0 Å². The molecule has 3 rings (SSSR count).